The van der Waals surface area contributed by atoms with Crippen LogP contribution >= 0.6 is 0 Å². The van der Waals surface area contributed by atoms with Gasteiger partial charge in [-0.3, -0.25) is 4.79 Å². The van der Waals surface area contributed by atoms with Crippen molar-refractivity contribution in [1.29, 1.82) is 0 Å². The number of methoxy groups -OCH3 is 1. The summed E-state index contributed by atoms with van der Waals surface area (Å²) >= 11 is 0. The topological polar surface area (TPSA) is 114 Å². The Kier molecular flexibility index (Phi) is 5.66. The Morgan fingerprint density at radius 3 is 2.60 bits per heavy atom. The number of hydrazine groups is 1. The monoisotopic (exact) mass is 282 g/mol. The molecule has 0 unspecified atom stereocenters. The average molecular weight is 282 g/mol. The van der Waals surface area contributed by atoms with Crippen LogP contribution in [0, 0.1) is 5.41 Å². The van der Waals surface area contributed by atoms with Gasteiger partial charge < -0.3 is 20.8 Å². The van der Waals surface area contributed by atoms with E-state index >= 15 is 0 Å². The number of nitrogens with one attached hydrogen (secondary N) is 3. The number of nitrogens with two attached hydrogens (primary N) is 1. The molecule has 8 heteroatoms. The summed E-state index contributed by atoms with van der Waals surface area (Å²) in [6.07, 6.45) is 0. The van der Waals surface area contributed by atoms with Gasteiger partial charge in [0.1, 0.15) is 18.2 Å². The minimum atomic E-state index is -0.558. The number of carbonyl (C=O) groups excluding carboxylic acids is 1. The van der Waals surface area contributed by atoms with Gasteiger partial charge >= 0.3 is 0 Å². The molecule has 1 heterocycles. The van der Waals surface area contributed by atoms with Gasteiger partial charge in [-0.1, -0.05) is 0 Å². The Morgan fingerprint density at radius 1 is 1.40 bits per heavy atom. The number of amides is 1. The fourth-order valence-electron chi connectivity index (χ4n) is 1.59. The van der Waals surface area contributed by atoms with Crippen molar-refractivity contribution in [2.45, 2.75) is 20.5 Å². The Bertz CT molecular complexity index is 463. The Balaban J connectivity index is 2.81. The van der Waals surface area contributed by atoms with Crippen LogP contribution in [0.3, 0.4) is 0 Å². The summed E-state index contributed by atoms with van der Waals surface area (Å²) in [4.78, 5) is 20.1. The van der Waals surface area contributed by atoms with E-state index in [1.54, 1.807) is 20.2 Å². The molecule has 0 fully saturated rings. The van der Waals surface area contributed by atoms with Crippen LogP contribution < -0.4 is 21.9 Å². The summed E-state index contributed by atoms with van der Waals surface area (Å²) in [5, 5.41) is 5.74. The molecule has 0 saturated carbocycles. The zero-order chi connectivity index (χ0) is 15.2. The number of hydrogen-bond donors (Lipinski definition) is 4. The first-order valence-electron chi connectivity index (χ1n) is 6.22. The fraction of sp³-hybridized carbons (Fsp3) is 0.583. The first-order chi connectivity index (χ1) is 9.42. The molecule has 1 aromatic heterocycles. The maximum absolute atomic E-state index is 11.7. The van der Waals surface area contributed by atoms with Gasteiger partial charge in [-0.15, -0.1) is 0 Å². The van der Waals surface area contributed by atoms with Crippen LogP contribution in [0.4, 0.5) is 11.6 Å². The first kappa shape index (κ1) is 16.1. The standard InChI is InChI=1S/C12H22N6O2/c1-12(2,11(19)14-3)7-15-8-5-9(18-13)17-10(16-8)6-20-4/h5H,6-7,13H2,1-4H3,(H,14,19)(H2,15,16,17,18). The quantitative estimate of drug-likeness (QED) is 0.414. The number of ether oxygens (including phenoxy) is 1. The zero-order valence-electron chi connectivity index (χ0n) is 12.3. The molecule has 0 atom stereocenters. The molecule has 8 nitrogen and oxygen atoms in total. The number of hydrogen-bond acceptors (Lipinski definition) is 7. The van der Waals surface area contributed by atoms with Crippen LogP contribution in [0.25, 0.3) is 0 Å². The van der Waals surface area contributed by atoms with Crippen molar-refractivity contribution >= 4 is 17.5 Å². The summed E-state index contributed by atoms with van der Waals surface area (Å²) in [6.45, 7) is 4.40. The van der Waals surface area contributed by atoms with E-state index in [4.69, 9.17) is 10.6 Å². The SMILES string of the molecule is CNC(=O)C(C)(C)CNc1cc(NN)nc(COC)n1. The molecule has 112 valence electrons. The molecule has 0 aliphatic rings. The van der Waals surface area contributed by atoms with Crippen molar-refractivity contribution in [2.24, 2.45) is 11.3 Å². The lowest BCUT2D eigenvalue weighted by Crippen LogP contribution is -2.39. The molecule has 0 spiro atoms. The first-order valence-corrected chi connectivity index (χ1v) is 6.22. The van der Waals surface area contributed by atoms with Gasteiger partial charge in [0, 0.05) is 26.8 Å². The lowest BCUT2D eigenvalue weighted by atomic mass is 9.92. The van der Waals surface area contributed by atoms with Gasteiger partial charge in [-0.2, -0.15) is 0 Å². The van der Waals surface area contributed by atoms with Gasteiger partial charge in [-0.05, 0) is 13.8 Å². The Morgan fingerprint density at radius 2 is 2.05 bits per heavy atom. The molecule has 1 rings (SSSR count). The summed E-state index contributed by atoms with van der Waals surface area (Å²) < 4.78 is 5.00. The molecule has 0 aliphatic carbocycles. The number of nitrogens with zero attached hydrogens (tertiary/aromatic N) is 2. The van der Waals surface area contributed by atoms with Gasteiger partial charge in [-0.25, -0.2) is 15.8 Å². The lowest BCUT2D eigenvalue weighted by molar-refractivity contribution is -0.128. The smallest absolute Gasteiger partial charge is 0.227 e. The molecule has 0 aliphatic heterocycles. The van der Waals surface area contributed by atoms with E-state index in [0.717, 1.165) is 0 Å². The molecule has 0 radical (unpaired) electrons. The predicted molar refractivity (Wildman–Crippen MR) is 76.9 cm³/mol. The number of nitrogen functional groups attached to an aromatic ring is 1. The van der Waals surface area contributed by atoms with E-state index in [-0.39, 0.29) is 12.5 Å². The van der Waals surface area contributed by atoms with Crippen LogP contribution in [0.2, 0.25) is 0 Å². The summed E-state index contributed by atoms with van der Waals surface area (Å²) in [5.74, 6) is 6.88. The minimum absolute atomic E-state index is 0.0478. The number of anilines is 2. The predicted octanol–water partition coefficient (Wildman–Crippen LogP) is 0.0927. The summed E-state index contributed by atoms with van der Waals surface area (Å²) in [7, 11) is 3.18. The van der Waals surface area contributed by atoms with Crippen molar-refractivity contribution in [3.63, 3.8) is 0 Å². The van der Waals surface area contributed by atoms with Crippen LogP contribution in [-0.2, 0) is 16.1 Å². The largest absolute Gasteiger partial charge is 0.377 e. The highest BCUT2D eigenvalue weighted by molar-refractivity contribution is 5.82. The maximum Gasteiger partial charge on any atom is 0.227 e. The van der Waals surface area contributed by atoms with E-state index in [0.29, 0.717) is 24.0 Å². The van der Waals surface area contributed by atoms with Crippen LogP contribution in [0.5, 0.6) is 0 Å². The van der Waals surface area contributed by atoms with Crippen LogP contribution in [-0.4, -0.2) is 36.6 Å². The Labute approximate surface area is 118 Å². The van der Waals surface area contributed by atoms with E-state index < -0.39 is 5.41 Å². The molecule has 0 aromatic carbocycles. The highest BCUT2D eigenvalue weighted by atomic mass is 16.5. The maximum atomic E-state index is 11.7. The van der Waals surface area contributed by atoms with E-state index in [9.17, 15) is 4.79 Å². The molecule has 1 aromatic rings. The molecule has 5 N–H and O–H groups in total. The second-order valence-corrected chi connectivity index (χ2v) is 4.95. The van der Waals surface area contributed by atoms with Gasteiger partial charge in [0.15, 0.2) is 5.82 Å². The third-order valence-electron chi connectivity index (χ3n) is 2.75. The van der Waals surface area contributed by atoms with Crippen molar-refractivity contribution in [3.8, 4) is 0 Å². The third kappa shape index (κ3) is 4.32. The lowest BCUT2D eigenvalue weighted by Gasteiger charge is -2.23. The van der Waals surface area contributed by atoms with Gasteiger partial charge in [0.2, 0.25) is 5.91 Å². The van der Waals surface area contributed by atoms with E-state index in [1.165, 1.54) is 0 Å². The summed E-state index contributed by atoms with van der Waals surface area (Å²) in [6, 6.07) is 1.67. The van der Waals surface area contributed by atoms with Crippen molar-refractivity contribution in [1.82, 2.24) is 15.3 Å². The van der Waals surface area contributed by atoms with E-state index in [2.05, 4.69) is 26.0 Å². The fourth-order valence-corrected chi connectivity index (χ4v) is 1.59. The van der Waals surface area contributed by atoms with E-state index in [1.807, 2.05) is 13.8 Å². The summed E-state index contributed by atoms with van der Waals surface area (Å²) in [5.41, 5.74) is 1.91. The second kappa shape index (κ2) is 7.01. The molecule has 0 saturated heterocycles. The van der Waals surface area contributed by atoms with Crippen molar-refractivity contribution in [2.75, 3.05) is 31.4 Å². The van der Waals surface area contributed by atoms with Gasteiger partial charge in [0.05, 0.1) is 5.41 Å². The number of aromatic nitrogens is 2. The molecule has 20 heavy (non-hydrogen) atoms. The average Bonchev–Trinajstić information content (AvgIpc) is 2.44. The number of rotatable bonds is 7. The number of carbonyl (C=O) groups is 1. The molecule has 0 bridgehead atoms. The molecular weight excluding hydrogens is 260 g/mol. The van der Waals surface area contributed by atoms with Gasteiger partial charge in [0.25, 0.3) is 0 Å². The van der Waals surface area contributed by atoms with Crippen molar-refractivity contribution < 1.29 is 9.53 Å². The normalized spacial score (nSPS) is 11.1. The Hall–Kier alpha value is -1.93. The molecule has 1 amide bonds. The van der Waals surface area contributed by atoms with Crippen LogP contribution in [0.1, 0.15) is 19.7 Å². The zero-order valence-corrected chi connectivity index (χ0v) is 12.3. The third-order valence-corrected chi connectivity index (χ3v) is 2.75. The van der Waals surface area contributed by atoms with Crippen molar-refractivity contribution in [3.05, 3.63) is 11.9 Å². The highest BCUT2D eigenvalue weighted by Gasteiger charge is 2.26. The van der Waals surface area contributed by atoms with Crippen LogP contribution in [0.15, 0.2) is 6.07 Å². The molecular formula is C12H22N6O2. The second-order valence-electron chi connectivity index (χ2n) is 4.95. The minimum Gasteiger partial charge on any atom is -0.377 e. The highest BCUT2D eigenvalue weighted by Crippen LogP contribution is 2.17.